The first-order valence-corrected chi connectivity index (χ1v) is 8.30. The minimum Gasteiger partial charge on any atom is -0.381 e. The fraction of sp³-hybridized carbons (Fsp3) is 0.750. The zero-order chi connectivity index (χ0) is 14.1. The van der Waals surface area contributed by atoms with Crippen LogP contribution in [0.25, 0.3) is 0 Å². The van der Waals surface area contributed by atoms with Crippen LogP contribution < -0.4 is 5.32 Å². The Kier molecular flexibility index (Phi) is 3.78. The van der Waals surface area contributed by atoms with Gasteiger partial charge < -0.3 is 10.1 Å². The van der Waals surface area contributed by atoms with Crippen molar-refractivity contribution in [3.05, 3.63) is 18.1 Å². The molecule has 5 nitrogen and oxygen atoms in total. The number of nitrogens with one attached hydrogen (secondary N) is 1. The van der Waals surface area contributed by atoms with Crippen molar-refractivity contribution in [2.75, 3.05) is 31.6 Å². The number of anilines is 1. The van der Waals surface area contributed by atoms with Gasteiger partial charge in [-0.05, 0) is 38.2 Å². The van der Waals surface area contributed by atoms with E-state index in [1.807, 2.05) is 12.3 Å². The number of nitrogens with zero attached hydrogens (tertiary/aromatic N) is 3. The topological polar surface area (TPSA) is 50.3 Å². The number of ether oxygens (including phenoxy) is 1. The molecule has 3 heterocycles. The Morgan fingerprint density at radius 2 is 2.00 bits per heavy atom. The predicted octanol–water partition coefficient (Wildman–Crippen LogP) is 2.02. The Morgan fingerprint density at radius 1 is 1.14 bits per heavy atom. The van der Waals surface area contributed by atoms with Gasteiger partial charge in [0.15, 0.2) is 0 Å². The van der Waals surface area contributed by atoms with Gasteiger partial charge in [0, 0.05) is 50.5 Å². The first-order valence-electron chi connectivity index (χ1n) is 8.30. The Bertz CT molecular complexity index is 485. The summed E-state index contributed by atoms with van der Waals surface area (Å²) in [5, 5.41) is 3.61. The first-order chi connectivity index (χ1) is 10.4. The van der Waals surface area contributed by atoms with E-state index in [0.29, 0.717) is 12.0 Å². The molecule has 1 N–H and O–H groups in total. The van der Waals surface area contributed by atoms with E-state index in [-0.39, 0.29) is 0 Å². The minimum absolute atomic E-state index is 0.523. The van der Waals surface area contributed by atoms with Crippen LogP contribution in [0.1, 0.15) is 43.8 Å². The highest BCUT2D eigenvalue weighted by molar-refractivity contribution is 5.35. The summed E-state index contributed by atoms with van der Waals surface area (Å²) in [6.45, 7) is 4.18. The first kappa shape index (κ1) is 13.5. The highest BCUT2D eigenvalue weighted by Gasteiger charge is 2.30. The molecule has 2 saturated heterocycles. The number of likely N-dealkylation sites (tertiary alicyclic amines) is 1. The molecular weight excluding hydrogens is 264 g/mol. The quantitative estimate of drug-likeness (QED) is 0.918. The third-order valence-electron chi connectivity index (χ3n) is 4.90. The molecule has 2 aliphatic heterocycles. The van der Waals surface area contributed by atoms with Crippen LogP contribution in [0.3, 0.4) is 0 Å². The minimum atomic E-state index is 0.523. The van der Waals surface area contributed by atoms with Gasteiger partial charge in [-0.1, -0.05) is 0 Å². The normalized spacial score (nSPS) is 27.9. The second-order valence-electron chi connectivity index (χ2n) is 6.54. The highest BCUT2D eigenvalue weighted by atomic mass is 16.5. The molecule has 5 heteroatoms. The molecule has 114 valence electrons. The Hall–Kier alpha value is -1.20. The predicted molar refractivity (Wildman–Crippen MR) is 81.4 cm³/mol. The molecular formula is C16H24N4O. The number of rotatable bonds is 4. The molecule has 4 rings (SSSR count). The van der Waals surface area contributed by atoms with Gasteiger partial charge in [0.05, 0.1) is 0 Å². The molecule has 0 aromatic carbocycles. The van der Waals surface area contributed by atoms with E-state index in [0.717, 1.165) is 37.4 Å². The number of hydrogen-bond donors (Lipinski definition) is 1. The number of hydrogen-bond acceptors (Lipinski definition) is 5. The van der Waals surface area contributed by atoms with E-state index in [1.165, 1.54) is 38.6 Å². The molecule has 1 aromatic rings. The molecule has 0 spiro atoms. The van der Waals surface area contributed by atoms with E-state index in [4.69, 9.17) is 4.74 Å². The van der Waals surface area contributed by atoms with Gasteiger partial charge in [-0.3, -0.25) is 4.90 Å². The van der Waals surface area contributed by atoms with Crippen molar-refractivity contribution in [1.82, 2.24) is 14.9 Å². The van der Waals surface area contributed by atoms with Crippen LogP contribution in [0.15, 0.2) is 12.3 Å². The average molecular weight is 288 g/mol. The summed E-state index contributed by atoms with van der Waals surface area (Å²) in [4.78, 5) is 11.7. The molecule has 1 saturated carbocycles. The lowest BCUT2D eigenvalue weighted by Crippen LogP contribution is -2.39. The summed E-state index contributed by atoms with van der Waals surface area (Å²) >= 11 is 0. The maximum absolute atomic E-state index is 5.46. The molecule has 1 unspecified atom stereocenters. The van der Waals surface area contributed by atoms with Gasteiger partial charge in [0.2, 0.25) is 0 Å². The smallest absolute Gasteiger partial charge is 0.133 e. The average Bonchev–Trinajstić information content (AvgIpc) is 3.29. The van der Waals surface area contributed by atoms with Gasteiger partial charge in [-0.25, -0.2) is 9.97 Å². The van der Waals surface area contributed by atoms with Crippen molar-refractivity contribution < 1.29 is 4.74 Å². The van der Waals surface area contributed by atoms with Crippen LogP contribution in [0.2, 0.25) is 0 Å². The van der Waals surface area contributed by atoms with Gasteiger partial charge in [0.25, 0.3) is 0 Å². The van der Waals surface area contributed by atoms with Crippen molar-refractivity contribution in [2.24, 2.45) is 0 Å². The molecule has 1 aliphatic carbocycles. The molecule has 0 bridgehead atoms. The largest absolute Gasteiger partial charge is 0.381 e. The summed E-state index contributed by atoms with van der Waals surface area (Å²) in [5.74, 6) is 2.65. The molecule has 0 amide bonds. The molecule has 1 atom stereocenters. The fourth-order valence-electron chi connectivity index (χ4n) is 3.49. The zero-order valence-corrected chi connectivity index (χ0v) is 12.5. The van der Waals surface area contributed by atoms with Crippen LogP contribution >= 0.6 is 0 Å². The Labute approximate surface area is 126 Å². The van der Waals surface area contributed by atoms with Crippen molar-refractivity contribution in [1.29, 1.82) is 0 Å². The van der Waals surface area contributed by atoms with E-state index < -0.39 is 0 Å². The Morgan fingerprint density at radius 3 is 2.81 bits per heavy atom. The summed E-state index contributed by atoms with van der Waals surface area (Å²) in [5.41, 5.74) is 0. The molecule has 1 aromatic heterocycles. The second kappa shape index (κ2) is 5.89. The van der Waals surface area contributed by atoms with Gasteiger partial charge in [-0.15, -0.1) is 0 Å². The summed E-state index contributed by atoms with van der Waals surface area (Å²) < 4.78 is 5.46. The van der Waals surface area contributed by atoms with Crippen LogP contribution in [-0.2, 0) is 4.74 Å². The zero-order valence-electron chi connectivity index (χ0n) is 12.5. The third-order valence-corrected chi connectivity index (χ3v) is 4.90. The second-order valence-corrected chi connectivity index (χ2v) is 6.54. The summed E-state index contributed by atoms with van der Waals surface area (Å²) in [6, 6.07) is 3.25. The lowest BCUT2D eigenvalue weighted by Gasteiger charge is -2.31. The van der Waals surface area contributed by atoms with Crippen LogP contribution in [-0.4, -0.2) is 53.3 Å². The maximum Gasteiger partial charge on any atom is 0.133 e. The highest BCUT2D eigenvalue weighted by Crippen LogP contribution is 2.38. The monoisotopic (exact) mass is 288 g/mol. The summed E-state index contributed by atoms with van der Waals surface area (Å²) in [6.07, 6.45) is 7.99. The lowest BCUT2D eigenvalue weighted by atomic mass is 10.1. The Balaban J connectivity index is 1.34. The van der Waals surface area contributed by atoms with Crippen molar-refractivity contribution >= 4 is 5.82 Å². The number of aromatic nitrogens is 2. The van der Waals surface area contributed by atoms with Gasteiger partial charge >= 0.3 is 0 Å². The van der Waals surface area contributed by atoms with Crippen molar-refractivity contribution in [2.45, 2.75) is 50.1 Å². The molecule has 0 radical (unpaired) electrons. The SMILES string of the molecule is c1cc(NC2CCN(C3CCOCC3)C2)nc(C2CC2)n1. The van der Waals surface area contributed by atoms with Crippen LogP contribution in [0.5, 0.6) is 0 Å². The maximum atomic E-state index is 5.46. The van der Waals surface area contributed by atoms with E-state index in [1.54, 1.807) is 0 Å². The molecule has 3 fully saturated rings. The van der Waals surface area contributed by atoms with Crippen molar-refractivity contribution in [3.63, 3.8) is 0 Å². The van der Waals surface area contributed by atoms with Gasteiger partial charge in [0.1, 0.15) is 11.6 Å². The van der Waals surface area contributed by atoms with E-state index in [2.05, 4.69) is 20.2 Å². The van der Waals surface area contributed by atoms with Crippen LogP contribution in [0.4, 0.5) is 5.82 Å². The van der Waals surface area contributed by atoms with E-state index >= 15 is 0 Å². The molecule has 3 aliphatic rings. The summed E-state index contributed by atoms with van der Waals surface area (Å²) in [7, 11) is 0. The fourth-order valence-corrected chi connectivity index (χ4v) is 3.49. The van der Waals surface area contributed by atoms with Crippen LogP contribution in [0, 0.1) is 0 Å². The van der Waals surface area contributed by atoms with E-state index in [9.17, 15) is 0 Å². The van der Waals surface area contributed by atoms with Crippen molar-refractivity contribution in [3.8, 4) is 0 Å². The van der Waals surface area contributed by atoms with Gasteiger partial charge in [-0.2, -0.15) is 0 Å². The lowest BCUT2D eigenvalue weighted by molar-refractivity contribution is 0.0421. The molecule has 21 heavy (non-hydrogen) atoms. The standard InChI is InChI=1S/C16H24N4O/c1-2-12(1)16-17-7-3-15(19-16)18-13-4-8-20(11-13)14-5-9-21-10-6-14/h3,7,12-14H,1-2,4-6,8-11H2,(H,17,18,19). The third kappa shape index (κ3) is 3.19.